The molecule has 2 amide bonds. The highest BCUT2D eigenvalue weighted by molar-refractivity contribution is 6.00. The Bertz CT molecular complexity index is 891. The number of benzene rings is 1. The van der Waals surface area contributed by atoms with Crippen LogP contribution >= 0.6 is 0 Å². The molecule has 2 heterocycles. The number of halogens is 1. The van der Waals surface area contributed by atoms with Gasteiger partial charge in [-0.2, -0.15) is 4.98 Å². The highest BCUT2D eigenvalue weighted by Crippen LogP contribution is 2.37. The Balaban J connectivity index is 1.51. The summed E-state index contributed by atoms with van der Waals surface area (Å²) in [7, 11) is 0. The molecule has 8 heteroatoms. The molecule has 0 spiro atoms. The standard InChI is InChI=1S/C20H23FN4O3/c1-13-22-19(28-24-13)20(8-3-2-4-9-20)23-18(27)14-10-17(26)25(12-14)16-7-5-6-15(21)11-16/h5-7,11,14H,2-4,8-10,12H2,1H3,(H,23,27)/t14-/m1/s1. The molecule has 0 radical (unpaired) electrons. The van der Waals surface area contributed by atoms with Crippen molar-refractivity contribution in [2.75, 3.05) is 11.4 Å². The molecule has 2 aromatic rings. The first-order chi connectivity index (χ1) is 13.5. The van der Waals surface area contributed by atoms with Gasteiger partial charge in [0, 0.05) is 18.7 Å². The summed E-state index contributed by atoms with van der Waals surface area (Å²) in [5.41, 5.74) is -0.202. The van der Waals surface area contributed by atoms with E-state index in [0.717, 1.165) is 32.1 Å². The fourth-order valence-electron chi connectivity index (χ4n) is 4.15. The van der Waals surface area contributed by atoms with Crippen molar-refractivity contribution in [1.29, 1.82) is 0 Å². The van der Waals surface area contributed by atoms with Crippen LogP contribution in [0.1, 0.15) is 50.2 Å². The average molecular weight is 386 g/mol. The summed E-state index contributed by atoms with van der Waals surface area (Å²) in [6.07, 6.45) is 4.58. The number of nitrogens with one attached hydrogen (secondary N) is 1. The highest BCUT2D eigenvalue weighted by Gasteiger charge is 2.44. The first-order valence-electron chi connectivity index (χ1n) is 9.66. The molecule has 1 aliphatic heterocycles. The van der Waals surface area contributed by atoms with Crippen LogP contribution in [0.25, 0.3) is 0 Å². The van der Waals surface area contributed by atoms with Crippen molar-refractivity contribution in [3.05, 3.63) is 41.8 Å². The van der Waals surface area contributed by atoms with Crippen molar-refractivity contribution in [2.24, 2.45) is 5.92 Å². The summed E-state index contributed by atoms with van der Waals surface area (Å²) < 4.78 is 18.9. The number of nitrogens with zero attached hydrogens (tertiary/aromatic N) is 3. The topological polar surface area (TPSA) is 88.3 Å². The maximum absolute atomic E-state index is 13.5. The molecule has 1 saturated heterocycles. The number of hydrogen-bond donors (Lipinski definition) is 1. The third-order valence-electron chi connectivity index (χ3n) is 5.62. The van der Waals surface area contributed by atoms with E-state index >= 15 is 0 Å². The van der Waals surface area contributed by atoms with Gasteiger partial charge in [-0.05, 0) is 38.0 Å². The van der Waals surface area contributed by atoms with Crippen LogP contribution in [0.5, 0.6) is 0 Å². The van der Waals surface area contributed by atoms with Crippen LogP contribution in [0.2, 0.25) is 0 Å². The quantitative estimate of drug-likeness (QED) is 0.873. The van der Waals surface area contributed by atoms with E-state index in [2.05, 4.69) is 15.5 Å². The third kappa shape index (κ3) is 3.50. The molecule has 1 atom stereocenters. The van der Waals surface area contributed by atoms with Crippen LogP contribution in [0, 0.1) is 18.7 Å². The van der Waals surface area contributed by atoms with Crippen LogP contribution in [-0.4, -0.2) is 28.5 Å². The fraction of sp³-hybridized carbons (Fsp3) is 0.500. The average Bonchev–Trinajstić information content (AvgIpc) is 3.29. The van der Waals surface area contributed by atoms with Crippen molar-refractivity contribution in [3.8, 4) is 0 Å². The van der Waals surface area contributed by atoms with Crippen LogP contribution in [-0.2, 0) is 15.1 Å². The van der Waals surface area contributed by atoms with E-state index in [0.29, 0.717) is 17.4 Å². The third-order valence-corrected chi connectivity index (χ3v) is 5.62. The molecule has 0 unspecified atom stereocenters. The molecule has 1 aromatic carbocycles. The SMILES string of the molecule is Cc1noc(C2(NC(=O)[C@@H]3CC(=O)N(c4cccc(F)c4)C3)CCCCC2)n1. The van der Waals surface area contributed by atoms with E-state index in [1.165, 1.54) is 17.0 Å². The van der Waals surface area contributed by atoms with Crippen LogP contribution in [0.4, 0.5) is 10.1 Å². The number of aryl methyl sites for hydroxylation is 1. The molecule has 7 nitrogen and oxygen atoms in total. The Kier molecular flexibility index (Phi) is 4.87. The minimum absolute atomic E-state index is 0.0985. The van der Waals surface area contributed by atoms with Gasteiger partial charge in [0.2, 0.25) is 11.8 Å². The molecule has 1 aliphatic carbocycles. The van der Waals surface area contributed by atoms with Crippen molar-refractivity contribution in [3.63, 3.8) is 0 Å². The zero-order valence-electron chi connectivity index (χ0n) is 15.8. The van der Waals surface area contributed by atoms with Gasteiger partial charge in [-0.15, -0.1) is 0 Å². The van der Waals surface area contributed by atoms with E-state index in [-0.39, 0.29) is 24.8 Å². The molecule has 1 aromatic heterocycles. The number of hydrogen-bond acceptors (Lipinski definition) is 5. The van der Waals surface area contributed by atoms with Gasteiger partial charge in [0.15, 0.2) is 5.82 Å². The zero-order valence-corrected chi connectivity index (χ0v) is 15.8. The summed E-state index contributed by atoms with van der Waals surface area (Å²) in [4.78, 5) is 31.3. The van der Waals surface area contributed by atoms with Gasteiger partial charge >= 0.3 is 0 Å². The Morgan fingerprint density at radius 3 is 2.79 bits per heavy atom. The predicted octanol–water partition coefficient (Wildman–Crippen LogP) is 2.85. The monoisotopic (exact) mass is 386 g/mol. The molecule has 148 valence electrons. The number of aromatic nitrogens is 2. The lowest BCUT2D eigenvalue weighted by Gasteiger charge is -2.35. The van der Waals surface area contributed by atoms with E-state index < -0.39 is 17.3 Å². The maximum atomic E-state index is 13.5. The minimum Gasteiger partial charge on any atom is -0.341 e. The molecule has 1 saturated carbocycles. The number of carbonyl (C=O) groups excluding carboxylic acids is 2. The zero-order chi connectivity index (χ0) is 19.7. The molecule has 2 fully saturated rings. The molecule has 2 aliphatic rings. The van der Waals surface area contributed by atoms with Gasteiger partial charge < -0.3 is 14.7 Å². The van der Waals surface area contributed by atoms with Gasteiger partial charge in [-0.25, -0.2) is 4.39 Å². The predicted molar refractivity (Wildman–Crippen MR) is 98.8 cm³/mol. The Morgan fingerprint density at radius 1 is 1.32 bits per heavy atom. The van der Waals surface area contributed by atoms with E-state index in [1.54, 1.807) is 19.1 Å². The summed E-state index contributed by atoms with van der Waals surface area (Å²) in [5, 5.41) is 7.00. The lowest BCUT2D eigenvalue weighted by Crippen LogP contribution is -2.50. The van der Waals surface area contributed by atoms with Gasteiger partial charge in [0.05, 0.1) is 5.92 Å². The largest absolute Gasteiger partial charge is 0.341 e. The molecule has 1 N–H and O–H groups in total. The second kappa shape index (κ2) is 7.33. The van der Waals surface area contributed by atoms with Gasteiger partial charge in [0.1, 0.15) is 11.4 Å². The van der Waals surface area contributed by atoms with Gasteiger partial charge in [0.25, 0.3) is 5.89 Å². The van der Waals surface area contributed by atoms with Gasteiger partial charge in [-0.1, -0.05) is 30.5 Å². The number of anilines is 1. The van der Waals surface area contributed by atoms with E-state index in [4.69, 9.17) is 4.52 Å². The summed E-state index contributed by atoms with van der Waals surface area (Å²) in [6.45, 7) is 1.98. The normalized spacial score (nSPS) is 21.7. The van der Waals surface area contributed by atoms with Crippen molar-refractivity contribution < 1.29 is 18.5 Å². The minimum atomic E-state index is -0.675. The smallest absolute Gasteiger partial charge is 0.252 e. The number of carbonyl (C=O) groups is 2. The van der Waals surface area contributed by atoms with Crippen LogP contribution < -0.4 is 10.2 Å². The summed E-state index contributed by atoms with van der Waals surface area (Å²) in [5.74, 6) is -0.335. The second-order valence-electron chi connectivity index (χ2n) is 7.66. The summed E-state index contributed by atoms with van der Waals surface area (Å²) >= 11 is 0. The van der Waals surface area contributed by atoms with Crippen LogP contribution in [0.3, 0.4) is 0 Å². The van der Waals surface area contributed by atoms with Gasteiger partial charge in [-0.3, -0.25) is 9.59 Å². The van der Waals surface area contributed by atoms with Crippen molar-refractivity contribution >= 4 is 17.5 Å². The molecule has 4 rings (SSSR count). The molecule has 28 heavy (non-hydrogen) atoms. The molecular formula is C20H23FN4O3. The fourth-order valence-corrected chi connectivity index (χ4v) is 4.15. The second-order valence-corrected chi connectivity index (χ2v) is 7.66. The van der Waals surface area contributed by atoms with Crippen molar-refractivity contribution in [2.45, 2.75) is 51.0 Å². The molecular weight excluding hydrogens is 363 g/mol. The maximum Gasteiger partial charge on any atom is 0.252 e. The van der Waals surface area contributed by atoms with Crippen LogP contribution in [0.15, 0.2) is 28.8 Å². The highest BCUT2D eigenvalue weighted by atomic mass is 19.1. The number of rotatable bonds is 4. The number of amides is 2. The lowest BCUT2D eigenvalue weighted by molar-refractivity contribution is -0.129. The first-order valence-corrected chi connectivity index (χ1v) is 9.66. The Hall–Kier alpha value is -2.77. The molecule has 0 bridgehead atoms. The summed E-state index contributed by atoms with van der Waals surface area (Å²) in [6, 6.07) is 5.86. The Morgan fingerprint density at radius 2 is 2.11 bits per heavy atom. The lowest BCUT2D eigenvalue weighted by atomic mass is 9.81. The van der Waals surface area contributed by atoms with Crippen molar-refractivity contribution in [1.82, 2.24) is 15.5 Å². The first kappa shape index (κ1) is 18.6. The Labute approximate surface area is 162 Å². The van der Waals surface area contributed by atoms with E-state index in [1.807, 2.05) is 0 Å². The van der Waals surface area contributed by atoms with E-state index in [9.17, 15) is 14.0 Å².